The minimum Gasteiger partial charge on any atom is -0.394 e. The molecule has 4 aliphatic rings. The zero-order valence-corrected chi connectivity index (χ0v) is 27.5. The predicted octanol–water partition coefficient (Wildman–Crippen LogP) is -10.3. The molecule has 24 nitrogen and oxygen atoms in total. The summed E-state index contributed by atoms with van der Waals surface area (Å²) in [6, 6.07) is -4.40. The molecular weight excluding hydrogens is 694 g/mol. The van der Waals surface area contributed by atoms with Gasteiger partial charge in [0, 0.05) is 0 Å². The van der Waals surface area contributed by atoms with Crippen LogP contribution in [0.2, 0.25) is 0 Å². The van der Waals surface area contributed by atoms with Crippen molar-refractivity contribution in [3.63, 3.8) is 0 Å². The number of aliphatic hydroxyl groups is 10. The van der Waals surface area contributed by atoms with Crippen LogP contribution in [-0.2, 0) is 33.2 Å². The number of aldehydes is 1. The van der Waals surface area contributed by atoms with Gasteiger partial charge in [-0.15, -0.1) is 0 Å². The van der Waals surface area contributed by atoms with Gasteiger partial charge in [-0.2, -0.15) is 0 Å². The lowest BCUT2D eigenvalue weighted by Gasteiger charge is -2.48. The molecule has 20 atom stereocenters. The highest BCUT2D eigenvalue weighted by molar-refractivity contribution is 5.76. The van der Waals surface area contributed by atoms with Gasteiger partial charge in [0.25, 0.3) is 0 Å². The Balaban J connectivity index is 1.61. The van der Waals surface area contributed by atoms with Gasteiger partial charge in [-0.3, -0.25) is 4.79 Å². The van der Waals surface area contributed by atoms with Crippen LogP contribution in [0.5, 0.6) is 0 Å². The van der Waals surface area contributed by atoms with Crippen molar-refractivity contribution in [1.82, 2.24) is 5.32 Å². The number of nitrogens with zero attached hydrogens (tertiary/aromatic N) is 2. The fraction of sp³-hybridized carbons (Fsp3) is 0.889. The third-order valence-corrected chi connectivity index (χ3v) is 9.45. The van der Waals surface area contributed by atoms with Crippen LogP contribution in [0.1, 0.15) is 6.92 Å². The summed E-state index contributed by atoms with van der Waals surface area (Å²) >= 11 is 0. The van der Waals surface area contributed by atoms with Gasteiger partial charge < -0.3 is 108 Å². The fourth-order valence-electron chi connectivity index (χ4n) is 6.57. The van der Waals surface area contributed by atoms with E-state index < -0.39 is 147 Å². The van der Waals surface area contributed by atoms with Crippen molar-refractivity contribution in [3.8, 4) is 0 Å². The Morgan fingerprint density at radius 1 is 0.706 bits per heavy atom. The SMILES string of the molecule is CN[C@@H]1[C@H](O[C@@H]2[C@H](O[C@@H]3[C@H](O)[C@H](O)[C@@H](N=C(N)N)[C@@H](O)[C@@H]3N=C(N)N)O[C@H](C)[C@@]2(O)C=O)O[C@H](CO)[C@@H](O[C@H]2O[C@@H](CO)[C@H](O)[C@@H](O)[C@@H]2O)[C@@H]1O. The number of likely N-dealkylation sites (N-methyl/N-ethyl adjacent to an activating group) is 1. The average Bonchev–Trinajstić information content (AvgIpc) is 3.32. The second kappa shape index (κ2) is 16.7. The summed E-state index contributed by atoms with van der Waals surface area (Å²) in [7, 11) is 1.36. The van der Waals surface area contributed by atoms with E-state index >= 15 is 0 Å². The van der Waals surface area contributed by atoms with Crippen LogP contribution in [0.25, 0.3) is 0 Å². The minimum absolute atomic E-state index is 0.0944. The third kappa shape index (κ3) is 8.06. The van der Waals surface area contributed by atoms with Gasteiger partial charge in [-0.05, 0) is 14.0 Å². The van der Waals surface area contributed by atoms with Crippen molar-refractivity contribution in [2.75, 3.05) is 20.3 Å². The summed E-state index contributed by atoms with van der Waals surface area (Å²) in [5.41, 5.74) is 19.4. The molecule has 3 aliphatic heterocycles. The van der Waals surface area contributed by atoms with E-state index in [9.17, 15) is 55.9 Å². The van der Waals surface area contributed by atoms with Crippen LogP contribution >= 0.6 is 0 Å². The molecule has 1 aliphatic carbocycles. The van der Waals surface area contributed by atoms with Crippen LogP contribution in [0.15, 0.2) is 9.98 Å². The van der Waals surface area contributed by atoms with Crippen molar-refractivity contribution >= 4 is 18.2 Å². The molecule has 0 unspecified atom stereocenters. The van der Waals surface area contributed by atoms with Gasteiger partial charge in [-0.25, -0.2) is 9.98 Å². The van der Waals surface area contributed by atoms with Gasteiger partial charge in [0.2, 0.25) is 0 Å². The van der Waals surface area contributed by atoms with Crippen LogP contribution in [0.3, 0.4) is 0 Å². The van der Waals surface area contributed by atoms with Crippen LogP contribution in [0.4, 0.5) is 0 Å². The topological polar surface area (TPSA) is 416 Å². The Bertz CT molecular complexity index is 1230. The van der Waals surface area contributed by atoms with E-state index in [0.29, 0.717) is 0 Å². The van der Waals surface area contributed by atoms with Crippen molar-refractivity contribution in [3.05, 3.63) is 0 Å². The Hall–Kier alpha value is -2.47. The molecule has 294 valence electrons. The van der Waals surface area contributed by atoms with Crippen molar-refractivity contribution in [1.29, 1.82) is 0 Å². The van der Waals surface area contributed by atoms with Crippen molar-refractivity contribution in [2.45, 2.75) is 129 Å². The predicted molar refractivity (Wildman–Crippen MR) is 166 cm³/mol. The smallest absolute Gasteiger partial charge is 0.188 e. The largest absolute Gasteiger partial charge is 0.394 e. The molecular formula is C27H49N7O17. The Labute approximate surface area is 290 Å². The van der Waals surface area contributed by atoms with Crippen LogP contribution in [-0.4, -0.2) is 211 Å². The van der Waals surface area contributed by atoms with E-state index in [0.717, 1.165) is 0 Å². The minimum atomic E-state index is -2.50. The summed E-state index contributed by atoms with van der Waals surface area (Å²) in [5, 5.41) is 109. The molecule has 4 fully saturated rings. The number of nitrogens with one attached hydrogen (secondary N) is 1. The first-order valence-corrected chi connectivity index (χ1v) is 15.9. The maximum atomic E-state index is 12.3. The maximum Gasteiger partial charge on any atom is 0.188 e. The van der Waals surface area contributed by atoms with Crippen LogP contribution in [0, 0.1) is 0 Å². The molecule has 3 heterocycles. The molecule has 51 heavy (non-hydrogen) atoms. The summed E-state index contributed by atoms with van der Waals surface area (Å²) in [5.74, 6) is -1.11. The van der Waals surface area contributed by atoms with E-state index in [-0.39, 0.29) is 6.29 Å². The molecule has 0 radical (unpaired) electrons. The highest BCUT2D eigenvalue weighted by atomic mass is 16.8. The highest BCUT2D eigenvalue weighted by Gasteiger charge is 2.61. The van der Waals surface area contributed by atoms with E-state index in [1.165, 1.54) is 14.0 Å². The summed E-state index contributed by atoms with van der Waals surface area (Å²) < 4.78 is 34.6. The van der Waals surface area contributed by atoms with E-state index in [2.05, 4.69) is 15.3 Å². The molecule has 3 saturated heterocycles. The van der Waals surface area contributed by atoms with Crippen molar-refractivity contribution in [2.24, 2.45) is 32.9 Å². The molecule has 0 spiro atoms. The van der Waals surface area contributed by atoms with E-state index in [1.807, 2.05) is 0 Å². The second-order valence-corrected chi connectivity index (χ2v) is 12.7. The quantitative estimate of drug-likeness (QED) is 0.0501. The molecule has 19 N–H and O–H groups in total. The van der Waals surface area contributed by atoms with Crippen LogP contribution < -0.4 is 28.3 Å². The molecule has 0 bridgehead atoms. The lowest BCUT2D eigenvalue weighted by Crippen LogP contribution is -2.68. The number of carbonyl (C=O) groups is 1. The van der Waals surface area contributed by atoms with Crippen molar-refractivity contribution < 1.29 is 84.3 Å². The fourth-order valence-corrected chi connectivity index (χ4v) is 6.57. The molecule has 0 aromatic rings. The second-order valence-electron chi connectivity index (χ2n) is 12.7. The number of rotatable bonds is 12. The normalized spacial score (nSPS) is 48.9. The first kappa shape index (κ1) is 41.3. The van der Waals surface area contributed by atoms with Gasteiger partial charge >= 0.3 is 0 Å². The molecule has 0 aromatic carbocycles. The average molecular weight is 744 g/mol. The standard InChI is InChI=1S/C27H49N7O17/c1-6-27(45,5-37)21(24(46-6)50-20-10(34-26(30)31)13(39)9(33-25(28)29)14(40)17(20)43)51-22-11(32-2)15(41)19(8(4-36)48-22)49-23-18(44)16(42)12(38)7(3-35)47-23/h5-24,32,35-36,38-45H,3-4H2,1-2H3,(H4,28,29,33)(H4,30,31,34)/t6-,7+,8-,9+,10+,11+,12+,13-,14-,15-,16-,17-,18+,19-,20+,21-,22+,23-,24+,27+/m1/s1. The number of guanidine groups is 2. The first-order chi connectivity index (χ1) is 23.9. The number of aliphatic imine (C=N–C) groups is 2. The Morgan fingerprint density at radius 2 is 1.27 bits per heavy atom. The molecule has 1 saturated carbocycles. The molecule has 24 heteroatoms. The first-order valence-electron chi connectivity index (χ1n) is 15.9. The lowest BCUT2D eigenvalue weighted by atomic mass is 9.81. The van der Waals surface area contributed by atoms with Gasteiger partial charge in [0.05, 0.1) is 25.4 Å². The number of aliphatic hydroxyl groups excluding tert-OH is 9. The summed E-state index contributed by atoms with van der Waals surface area (Å²) in [6.45, 7) is -0.340. The third-order valence-electron chi connectivity index (χ3n) is 9.45. The molecule has 0 amide bonds. The zero-order valence-electron chi connectivity index (χ0n) is 27.5. The number of ether oxygens (including phenoxy) is 6. The Morgan fingerprint density at radius 3 is 1.82 bits per heavy atom. The van der Waals surface area contributed by atoms with E-state index in [4.69, 9.17) is 51.4 Å². The molecule has 0 aromatic heterocycles. The monoisotopic (exact) mass is 743 g/mol. The number of hydrogen-bond donors (Lipinski definition) is 15. The number of nitrogens with two attached hydrogens (primary N) is 4. The summed E-state index contributed by atoms with van der Waals surface area (Å²) in [4.78, 5) is 20.0. The van der Waals surface area contributed by atoms with E-state index in [1.54, 1.807) is 0 Å². The van der Waals surface area contributed by atoms with Gasteiger partial charge in [0.1, 0.15) is 85.3 Å². The lowest BCUT2D eigenvalue weighted by molar-refractivity contribution is -0.357. The highest BCUT2D eigenvalue weighted by Crippen LogP contribution is 2.39. The number of carbonyl (C=O) groups excluding carboxylic acids is 1. The van der Waals surface area contributed by atoms with Gasteiger partial charge in [-0.1, -0.05) is 0 Å². The molecule has 4 rings (SSSR count). The Kier molecular flexibility index (Phi) is 13.5. The zero-order chi connectivity index (χ0) is 38.1. The maximum absolute atomic E-state index is 12.3. The number of hydrogen-bond acceptors (Lipinski definition) is 20. The summed E-state index contributed by atoms with van der Waals surface area (Å²) in [6.07, 6.45) is -27.0. The van der Waals surface area contributed by atoms with Gasteiger partial charge in [0.15, 0.2) is 42.7 Å².